The molecular formula is C23H31ClN4O3. The summed E-state index contributed by atoms with van der Waals surface area (Å²) in [6.07, 6.45) is 7.82. The lowest BCUT2D eigenvalue weighted by atomic mass is 10.0. The normalized spacial score (nSPS) is 20.0. The number of halogens is 1. The van der Waals surface area contributed by atoms with Gasteiger partial charge >= 0.3 is 0 Å². The third-order valence-electron chi connectivity index (χ3n) is 5.92. The first-order valence-electron chi connectivity index (χ1n) is 10.8. The van der Waals surface area contributed by atoms with Crippen molar-refractivity contribution in [3.63, 3.8) is 0 Å². The van der Waals surface area contributed by atoms with Gasteiger partial charge in [-0.3, -0.25) is 14.6 Å². The Morgan fingerprint density at radius 2 is 2.26 bits per heavy atom. The number of ether oxygens (including phenoxy) is 1. The molecule has 0 aromatic carbocycles. The first kappa shape index (κ1) is 23.3. The van der Waals surface area contributed by atoms with Gasteiger partial charge < -0.3 is 19.5 Å². The largest absolute Gasteiger partial charge is 0.373 e. The molecule has 3 heterocycles. The van der Waals surface area contributed by atoms with Crippen LogP contribution in [0.2, 0.25) is 0 Å². The molecule has 168 valence electrons. The number of nitrogens with one attached hydrogen (secondary N) is 1. The van der Waals surface area contributed by atoms with Gasteiger partial charge in [-0.15, -0.1) is 11.6 Å². The van der Waals surface area contributed by atoms with Gasteiger partial charge in [0.25, 0.3) is 11.8 Å². The van der Waals surface area contributed by atoms with Gasteiger partial charge in [0, 0.05) is 25.3 Å². The topological polar surface area (TPSA) is 75.9 Å². The van der Waals surface area contributed by atoms with Gasteiger partial charge in [-0.1, -0.05) is 25.7 Å². The van der Waals surface area contributed by atoms with E-state index in [1.807, 2.05) is 22.5 Å². The number of nitrogens with zero attached hydrogens (tertiary/aromatic N) is 3. The molecule has 2 atom stereocenters. The quantitative estimate of drug-likeness (QED) is 0.287. The van der Waals surface area contributed by atoms with E-state index in [1.165, 1.54) is 0 Å². The molecule has 31 heavy (non-hydrogen) atoms. The molecule has 8 heteroatoms. The van der Waals surface area contributed by atoms with Crippen LogP contribution in [-0.4, -0.2) is 58.7 Å². The molecule has 0 unspecified atom stereocenters. The Morgan fingerprint density at radius 3 is 2.90 bits per heavy atom. The molecule has 3 rings (SSSR count). The van der Waals surface area contributed by atoms with E-state index in [1.54, 1.807) is 18.4 Å². The molecule has 0 radical (unpaired) electrons. The van der Waals surface area contributed by atoms with Gasteiger partial charge in [0.2, 0.25) is 0 Å². The second-order valence-electron chi connectivity index (χ2n) is 7.85. The van der Waals surface area contributed by atoms with Crippen LogP contribution < -0.4 is 5.32 Å². The van der Waals surface area contributed by atoms with Gasteiger partial charge in [0.05, 0.1) is 30.5 Å². The zero-order chi connectivity index (χ0) is 22.4. The number of likely N-dealkylation sites (tertiary alicyclic amines) is 1. The summed E-state index contributed by atoms with van der Waals surface area (Å²) in [5, 5.41) is 3.07. The minimum Gasteiger partial charge on any atom is -0.373 e. The minimum absolute atomic E-state index is 0.0132. The van der Waals surface area contributed by atoms with Crippen LogP contribution in [0.25, 0.3) is 0 Å². The zero-order valence-corrected chi connectivity index (χ0v) is 19.0. The molecule has 1 saturated heterocycles. The van der Waals surface area contributed by atoms with Crippen molar-refractivity contribution in [1.29, 1.82) is 0 Å². The van der Waals surface area contributed by atoms with E-state index in [2.05, 4.69) is 23.8 Å². The summed E-state index contributed by atoms with van der Waals surface area (Å²) < 4.78 is 7.56. The van der Waals surface area contributed by atoms with Crippen molar-refractivity contribution in [3.05, 3.63) is 47.3 Å². The standard InChI is InChI=1S/C23H31ClN4O3/c1-4-7-17(13-25-15-24)19(5-2)26-22(29)18-12-20(28-10-11-31-14-21(18)28)23(30)27-9-6-8-16(27)3/h4,7,12-13,16,19H,1,5-6,8-11,14-15H2,2-3H3,(H,26,29)/b17-7+,25-13-/t16-,19+/m0/s1. The Labute approximate surface area is 188 Å². The predicted octanol–water partition coefficient (Wildman–Crippen LogP) is 3.53. The lowest BCUT2D eigenvalue weighted by molar-refractivity contribution is 0.0684. The molecule has 0 saturated carbocycles. The van der Waals surface area contributed by atoms with E-state index in [0.29, 0.717) is 37.4 Å². The summed E-state index contributed by atoms with van der Waals surface area (Å²) in [5.74, 6) is -0.246. The second kappa shape index (κ2) is 10.8. The van der Waals surface area contributed by atoms with Gasteiger partial charge in [0.1, 0.15) is 11.7 Å². The van der Waals surface area contributed by atoms with Gasteiger partial charge in [0.15, 0.2) is 0 Å². The minimum atomic E-state index is -0.254. The van der Waals surface area contributed by atoms with Gasteiger partial charge in [-0.05, 0) is 37.8 Å². The predicted molar refractivity (Wildman–Crippen MR) is 123 cm³/mol. The number of aromatic nitrogens is 1. The van der Waals surface area contributed by atoms with Crippen LogP contribution in [-0.2, 0) is 17.9 Å². The Hall–Kier alpha value is -2.38. The van der Waals surface area contributed by atoms with Crippen LogP contribution >= 0.6 is 11.6 Å². The van der Waals surface area contributed by atoms with E-state index in [-0.39, 0.29) is 29.9 Å². The van der Waals surface area contributed by atoms with Crippen molar-refractivity contribution in [1.82, 2.24) is 14.8 Å². The number of allylic oxidation sites excluding steroid dienone is 2. The van der Waals surface area contributed by atoms with Gasteiger partial charge in [-0.25, -0.2) is 0 Å². The summed E-state index contributed by atoms with van der Waals surface area (Å²) in [6, 6.07) is 1.83. The highest BCUT2D eigenvalue weighted by atomic mass is 35.5. The van der Waals surface area contributed by atoms with E-state index < -0.39 is 0 Å². The number of hydrogen-bond donors (Lipinski definition) is 1. The van der Waals surface area contributed by atoms with E-state index >= 15 is 0 Å². The van der Waals surface area contributed by atoms with E-state index in [9.17, 15) is 9.59 Å². The Bertz CT molecular complexity index is 890. The summed E-state index contributed by atoms with van der Waals surface area (Å²) in [6.45, 7) is 9.95. The van der Waals surface area contributed by atoms with Crippen molar-refractivity contribution >= 4 is 29.6 Å². The maximum absolute atomic E-state index is 13.3. The van der Waals surface area contributed by atoms with Crippen LogP contribution in [0.3, 0.4) is 0 Å². The summed E-state index contributed by atoms with van der Waals surface area (Å²) >= 11 is 5.68. The molecule has 1 aromatic heterocycles. The smallest absolute Gasteiger partial charge is 0.270 e. The molecule has 7 nitrogen and oxygen atoms in total. The van der Waals surface area contributed by atoms with E-state index in [4.69, 9.17) is 16.3 Å². The average Bonchev–Trinajstić information content (AvgIpc) is 3.38. The van der Waals surface area contributed by atoms with Crippen molar-refractivity contribution in [3.8, 4) is 0 Å². The average molecular weight is 447 g/mol. The number of rotatable bonds is 8. The highest BCUT2D eigenvalue weighted by Crippen LogP contribution is 2.26. The molecule has 1 aromatic rings. The number of carbonyl (C=O) groups excluding carboxylic acids is 2. The fraction of sp³-hybridized carbons (Fsp3) is 0.522. The molecule has 0 spiro atoms. The third kappa shape index (κ3) is 5.10. The number of fused-ring (bicyclic) bond motifs is 1. The van der Waals surface area contributed by atoms with Crippen molar-refractivity contribution in [2.75, 3.05) is 19.2 Å². The molecule has 2 aliphatic heterocycles. The SMILES string of the molecule is C=C/C=C(\C=N/CCl)[C@@H](CC)NC(=O)c1cc(C(=O)N2CCC[C@@H]2C)n2c1COCC2. The number of amides is 2. The first-order chi connectivity index (χ1) is 15.0. The third-order valence-corrected chi connectivity index (χ3v) is 6.06. The van der Waals surface area contributed by atoms with Crippen LogP contribution in [0.15, 0.2) is 35.4 Å². The zero-order valence-electron chi connectivity index (χ0n) is 18.3. The molecule has 1 N–H and O–H groups in total. The summed E-state index contributed by atoms with van der Waals surface area (Å²) in [5.41, 5.74) is 2.62. The Balaban J connectivity index is 1.89. The van der Waals surface area contributed by atoms with Crippen LogP contribution in [0.5, 0.6) is 0 Å². The summed E-state index contributed by atoms with van der Waals surface area (Å²) in [4.78, 5) is 32.5. The highest BCUT2D eigenvalue weighted by Gasteiger charge is 2.32. The fourth-order valence-electron chi connectivity index (χ4n) is 4.26. The van der Waals surface area contributed by atoms with Gasteiger partial charge in [-0.2, -0.15) is 0 Å². The molecule has 0 bridgehead atoms. The number of carbonyl (C=O) groups is 2. The summed E-state index contributed by atoms with van der Waals surface area (Å²) in [7, 11) is 0. The van der Waals surface area contributed by atoms with Crippen molar-refractivity contribution < 1.29 is 14.3 Å². The maximum atomic E-state index is 13.3. The highest BCUT2D eigenvalue weighted by molar-refractivity contribution is 6.18. The first-order valence-corrected chi connectivity index (χ1v) is 11.4. The fourth-order valence-corrected chi connectivity index (χ4v) is 4.33. The Morgan fingerprint density at radius 1 is 1.45 bits per heavy atom. The molecule has 0 aliphatic carbocycles. The number of alkyl halides is 1. The second-order valence-corrected chi connectivity index (χ2v) is 8.09. The van der Waals surface area contributed by atoms with Crippen molar-refractivity contribution in [2.24, 2.45) is 4.99 Å². The number of aliphatic imine (C=N–C) groups is 1. The Kier molecular flexibility index (Phi) is 8.09. The lowest BCUT2D eigenvalue weighted by Crippen LogP contribution is -2.37. The van der Waals surface area contributed by atoms with Crippen LogP contribution in [0.1, 0.15) is 59.7 Å². The van der Waals surface area contributed by atoms with Crippen molar-refractivity contribution in [2.45, 2.75) is 58.3 Å². The van der Waals surface area contributed by atoms with E-state index in [0.717, 1.165) is 30.7 Å². The molecule has 2 aliphatic rings. The van der Waals surface area contributed by atoms with Crippen LogP contribution in [0.4, 0.5) is 0 Å². The number of hydrogen-bond acceptors (Lipinski definition) is 4. The molecular weight excluding hydrogens is 416 g/mol. The van der Waals surface area contributed by atoms with Crippen LogP contribution in [0, 0.1) is 0 Å². The monoisotopic (exact) mass is 446 g/mol. The molecule has 2 amide bonds. The lowest BCUT2D eigenvalue weighted by Gasteiger charge is -2.24. The molecule has 1 fully saturated rings. The maximum Gasteiger partial charge on any atom is 0.270 e.